The fourth-order valence-corrected chi connectivity index (χ4v) is 2.83. The second-order valence-electron chi connectivity index (χ2n) is 3.99. The van der Waals surface area contributed by atoms with Crippen LogP contribution in [0.3, 0.4) is 0 Å². The molecule has 1 aromatic heterocycles. The van der Waals surface area contributed by atoms with E-state index in [1.54, 1.807) is 17.4 Å². The second-order valence-corrected chi connectivity index (χ2v) is 5.76. The van der Waals surface area contributed by atoms with Gasteiger partial charge in [0, 0.05) is 30.6 Å². The van der Waals surface area contributed by atoms with Gasteiger partial charge in [-0.2, -0.15) is 0 Å². The van der Waals surface area contributed by atoms with Gasteiger partial charge in [0.1, 0.15) is 0 Å². The van der Waals surface area contributed by atoms with Gasteiger partial charge in [-0.3, -0.25) is 0 Å². The van der Waals surface area contributed by atoms with Crippen LogP contribution in [0.4, 0.5) is 0 Å². The van der Waals surface area contributed by atoms with E-state index in [1.807, 2.05) is 23.7 Å². The van der Waals surface area contributed by atoms with Crippen LogP contribution in [0.25, 0.3) is 0 Å². The third-order valence-corrected chi connectivity index (χ3v) is 4.39. The molecule has 18 heavy (non-hydrogen) atoms. The minimum absolute atomic E-state index is 0.177. The number of benzene rings is 1. The number of halogens is 2. The molecule has 0 saturated heterocycles. The Morgan fingerprint density at radius 1 is 1.39 bits per heavy atom. The number of nitrogens with zero attached hydrogens (tertiary/aromatic N) is 1. The molecule has 2 aromatic rings. The van der Waals surface area contributed by atoms with E-state index in [0.29, 0.717) is 10.0 Å². The predicted octanol–water partition coefficient (Wildman–Crippen LogP) is 4.34. The second kappa shape index (κ2) is 6.53. The van der Waals surface area contributed by atoms with E-state index in [2.05, 4.69) is 17.2 Å². The summed E-state index contributed by atoms with van der Waals surface area (Å²) in [6, 6.07) is 5.89. The Balaban J connectivity index is 1.91. The Kier molecular flexibility index (Phi) is 5.01. The van der Waals surface area contributed by atoms with Crippen LogP contribution in [0.2, 0.25) is 10.0 Å². The summed E-state index contributed by atoms with van der Waals surface area (Å²) >= 11 is 13.9. The fourth-order valence-electron chi connectivity index (χ4n) is 1.74. The van der Waals surface area contributed by atoms with Gasteiger partial charge in [0.15, 0.2) is 0 Å². The van der Waals surface area contributed by atoms with Crippen molar-refractivity contribution in [1.29, 1.82) is 0 Å². The molecule has 5 heteroatoms. The van der Waals surface area contributed by atoms with Gasteiger partial charge in [0.05, 0.1) is 15.1 Å². The van der Waals surface area contributed by atoms with E-state index < -0.39 is 0 Å². The molecular formula is C13H14Cl2N2S. The van der Waals surface area contributed by atoms with Crippen molar-refractivity contribution in [2.75, 3.05) is 6.54 Å². The Labute approximate surface area is 121 Å². The van der Waals surface area contributed by atoms with Crippen molar-refractivity contribution in [3.63, 3.8) is 0 Å². The number of rotatable bonds is 5. The van der Waals surface area contributed by atoms with Gasteiger partial charge < -0.3 is 5.32 Å². The van der Waals surface area contributed by atoms with E-state index in [4.69, 9.17) is 23.2 Å². The molecule has 0 amide bonds. The molecule has 2 rings (SSSR count). The molecule has 1 heterocycles. The molecule has 0 saturated carbocycles. The van der Waals surface area contributed by atoms with Crippen molar-refractivity contribution >= 4 is 34.5 Å². The average Bonchev–Trinajstić information content (AvgIpc) is 2.85. The normalized spacial score (nSPS) is 12.6. The highest BCUT2D eigenvalue weighted by molar-refractivity contribution is 7.09. The van der Waals surface area contributed by atoms with Gasteiger partial charge in [-0.1, -0.05) is 35.3 Å². The van der Waals surface area contributed by atoms with Crippen molar-refractivity contribution in [3.8, 4) is 0 Å². The Morgan fingerprint density at radius 3 is 2.94 bits per heavy atom. The predicted molar refractivity (Wildman–Crippen MR) is 78.7 cm³/mol. The Hall–Kier alpha value is -0.610. The SMILES string of the molecule is CC(NCCc1nccs1)c1cccc(Cl)c1Cl. The number of nitrogens with one attached hydrogen (secondary N) is 1. The zero-order valence-electron chi connectivity index (χ0n) is 9.99. The zero-order valence-corrected chi connectivity index (χ0v) is 12.3. The molecule has 1 N–H and O–H groups in total. The molecule has 0 bridgehead atoms. The first-order chi connectivity index (χ1) is 8.68. The summed E-state index contributed by atoms with van der Waals surface area (Å²) in [5.41, 5.74) is 1.03. The lowest BCUT2D eigenvalue weighted by Gasteiger charge is -2.15. The van der Waals surface area contributed by atoms with Gasteiger partial charge in [-0.05, 0) is 18.6 Å². The zero-order chi connectivity index (χ0) is 13.0. The summed E-state index contributed by atoms with van der Waals surface area (Å²) in [6.07, 6.45) is 2.76. The first kappa shape index (κ1) is 13.8. The summed E-state index contributed by atoms with van der Waals surface area (Å²) in [7, 11) is 0. The molecule has 96 valence electrons. The number of hydrogen-bond acceptors (Lipinski definition) is 3. The van der Waals surface area contributed by atoms with Crippen molar-refractivity contribution in [1.82, 2.24) is 10.3 Å². The summed E-state index contributed by atoms with van der Waals surface area (Å²) in [5.74, 6) is 0. The molecule has 0 fully saturated rings. The summed E-state index contributed by atoms with van der Waals surface area (Å²) < 4.78 is 0. The van der Waals surface area contributed by atoms with Crippen LogP contribution >= 0.6 is 34.5 Å². The van der Waals surface area contributed by atoms with Crippen LogP contribution in [0.15, 0.2) is 29.8 Å². The van der Waals surface area contributed by atoms with Gasteiger partial charge in [-0.15, -0.1) is 11.3 Å². The minimum Gasteiger partial charge on any atom is -0.310 e. The van der Waals surface area contributed by atoms with Crippen LogP contribution < -0.4 is 5.32 Å². The van der Waals surface area contributed by atoms with Crippen LogP contribution in [0.1, 0.15) is 23.5 Å². The standard InChI is InChI=1S/C13H14Cl2N2S/c1-9(10-3-2-4-11(14)13(10)15)16-6-5-12-17-7-8-18-12/h2-4,7-9,16H,5-6H2,1H3. The van der Waals surface area contributed by atoms with E-state index in [1.165, 1.54) is 0 Å². The van der Waals surface area contributed by atoms with Gasteiger partial charge in [-0.25, -0.2) is 4.98 Å². The van der Waals surface area contributed by atoms with Gasteiger partial charge >= 0.3 is 0 Å². The maximum atomic E-state index is 6.18. The van der Waals surface area contributed by atoms with Crippen LogP contribution in [0, 0.1) is 0 Å². The van der Waals surface area contributed by atoms with Crippen molar-refractivity contribution < 1.29 is 0 Å². The van der Waals surface area contributed by atoms with Crippen LogP contribution in [-0.2, 0) is 6.42 Å². The molecular weight excluding hydrogens is 287 g/mol. The maximum Gasteiger partial charge on any atom is 0.0937 e. The van der Waals surface area contributed by atoms with Crippen molar-refractivity contribution in [2.45, 2.75) is 19.4 Å². The van der Waals surface area contributed by atoms with E-state index >= 15 is 0 Å². The lowest BCUT2D eigenvalue weighted by molar-refractivity contribution is 0.576. The maximum absolute atomic E-state index is 6.18. The molecule has 2 nitrogen and oxygen atoms in total. The van der Waals surface area contributed by atoms with E-state index in [9.17, 15) is 0 Å². The highest BCUT2D eigenvalue weighted by Crippen LogP contribution is 2.29. The third kappa shape index (κ3) is 3.45. The number of aromatic nitrogens is 1. The van der Waals surface area contributed by atoms with E-state index in [0.717, 1.165) is 23.5 Å². The van der Waals surface area contributed by atoms with Crippen molar-refractivity contribution in [2.24, 2.45) is 0 Å². The molecule has 0 aliphatic heterocycles. The number of thiazole rings is 1. The topological polar surface area (TPSA) is 24.9 Å². The smallest absolute Gasteiger partial charge is 0.0937 e. The summed E-state index contributed by atoms with van der Waals surface area (Å²) in [4.78, 5) is 4.25. The largest absolute Gasteiger partial charge is 0.310 e. The average molecular weight is 301 g/mol. The summed E-state index contributed by atoms with van der Waals surface area (Å²) in [5, 5.41) is 7.80. The van der Waals surface area contributed by atoms with Crippen LogP contribution in [0.5, 0.6) is 0 Å². The van der Waals surface area contributed by atoms with E-state index in [-0.39, 0.29) is 6.04 Å². The highest BCUT2D eigenvalue weighted by Gasteiger charge is 2.11. The minimum atomic E-state index is 0.177. The third-order valence-electron chi connectivity index (χ3n) is 2.72. The molecule has 1 unspecified atom stereocenters. The highest BCUT2D eigenvalue weighted by atomic mass is 35.5. The Morgan fingerprint density at radius 2 is 2.22 bits per heavy atom. The lowest BCUT2D eigenvalue weighted by atomic mass is 10.1. The van der Waals surface area contributed by atoms with Gasteiger partial charge in [0.25, 0.3) is 0 Å². The fraction of sp³-hybridized carbons (Fsp3) is 0.308. The molecule has 1 aromatic carbocycles. The van der Waals surface area contributed by atoms with Crippen molar-refractivity contribution in [3.05, 3.63) is 50.4 Å². The molecule has 0 aliphatic rings. The molecule has 0 radical (unpaired) electrons. The van der Waals surface area contributed by atoms with Gasteiger partial charge in [0.2, 0.25) is 0 Å². The first-order valence-corrected chi connectivity index (χ1v) is 7.37. The quantitative estimate of drug-likeness (QED) is 0.888. The first-order valence-electron chi connectivity index (χ1n) is 5.74. The molecule has 0 spiro atoms. The molecule has 0 aliphatic carbocycles. The Bertz CT molecular complexity index is 500. The lowest BCUT2D eigenvalue weighted by Crippen LogP contribution is -2.21. The molecule has 1 atom stereocenters. The monoisotopic (exact) mass is 300 g/mol. The van der Waals surface area contributed by atoms with Crippen LogP contribution in [-0.4, -0.2) is 11.5 Å². The number of hydrogen-bond donors (Lipinski definition) is 1. The summed E-state index contributed by atoms with van der Waals surface area (Å²) in [6.45, 7) is 2.96.